The van der Waals surface area contributed by atoms with Crippen LogP contribution >= 0.6 is 0 Å². The summed E-state index contributed by atoms with van der Waals surface area (Å²) in [7, 11) is 0. The zero-order valence-electron chi connectivity index (χ0n) is 10.0. The summed E-state index contributed by atoms with van der Waals surface area (Å²) in [5.41, 5.74) is 0.220. The van der Waals surface area contributed by atoms with Crippen molar-refractivity contribution in [1.29, 1.82) is 0 Å². The Labute approximate surface area is 105 Å². The number of nitrogens with zero attached hydrogens (tertiary/aromatic N) is 1. The third-order valence-electron chi connectivity index (χ3n) is 2.44. The predicted molar refractivity (Wildman–Crippen MR) is 66.2 cm³/mol. The molecule has 1 aromatic heterocycles. The van der Waals surface area contributed by atoms with E-state index in [2.05, 4.69) is 16.2 Å². The molecule has 0 spiro atoms. The van der Waals surface area contributed by atoms with Crippen molar-refractivity contribution in [3.05, 3.63) is 29.6 Å². The van der Waals surface area contributed by atoms with Crippen LogP contribution in [0, 0.1) is 12.3 Å². The third-order valence-corrected chi connectivity index (χ3v) is 2.44. The molecule has 1 heterocycles. The monoisotopic (exact) mass is 246 g/mol. The number of carboxylic acid groups (broad SMARTS) is 1. The van der Waals surface area contributed by atoms with Crippen LogP contribution < -0.4 is 5.32 Å². The van der Waals surface area contributed by atoms with Gasteiger partial charge < -0.3 is 10.4 Å². The summed E-state index contributed by atoms with van der Waals surface area (Å²) in [5.74, 6) is 1.06. The molecule has 2 N–H and O–H groups in total. The Morgan fingerprint density at radius 1 is 1.56 bits per heavy atom. The summed E-state index contributed by atoms with van der Waals surface area (Å²) < 4.78 is 0. The normalized spacial score (nSPS) is 11.3. The molecule has 0 aliphatic carbocycles. The number of pyridine rings is 1. The van der Waals surface area contributed by atoms with E-state index in [1.165, 1.54) is 18.3 Å². The molecule has 5 heteroatoms. The van der Waals surface area contributed by atoms with Gasteiger partial charge >= 0.3 is 5.97 Å². The molecule has 0 fully saturated rings. The lowest BCUT2D eigenvalue weighted by Gasteiger charge is -2.13. The first-order valence-corrected chi connectivity index (χ1v) is 5.52. The van der Waals surface area contributed by atoms with Gasteiger partial charge in [0.05, 0.1) is 5.56 Å². The van der Waals surface area contributed by atoms with Crippen LogP contribution in [0.1, 0.15) is 40.6 Å². The summed E-state index contributed by atoms with van der Waals surface area (Å²) in [6.07, 6.45) is 7.63. The SMILES string of the molecule is C#CCC(CC)NC(=O)c1ccc(C(=O)O)nc1. The average molecular weight is 246 g/mol. The minimum atomic E-state index is -1.12. The molecular weight excluding hydrogens is 232 g/mol. The fraction of sp³-hybridized carbons (Fsp3) is 0.308. The summed E-state index contributed by atoms with van der Waals surface area (Å²) in [6.45, 7) is 1.92. The molecule has 0 aromatic carbocycles. The van der Waals surface area contributed by atoms with Gasteiger partial charge in [0, 0.05) is 18.7 Å². The summed E-state index contributed by atoms with van der Waals surface area (Å²) in [5, 5.41) is 11.4. The molecule has 0 aliphatic heterocycles. The van der Waals surface area contributed by atoms with Gasteiger partial charge in [0.1, 0.15) is 5.69 Å². The lowest BCUT2D eigenvalue weighted by atomic mass is 10.1. The van der Waals surface area contributed by atoms with Crippen molar-refractivity contribution in [1.82, 2.24) is 10.3 Å². The summed E-state index contributed by atoms with van der Waals surface area (Å²) in [4.78, 5) is 26.1. The van der Waals surface area contributed by atoms with Gasteiger partial charge in [0.2, 0.25) is 0 Å². The first-order valence-electron chi connectivity index (χ1n) is 5.52. The van der Waals surface area contributed by atoms with E-state index < -0.39 is 5.97 Å². The standard InChI is InChI=1S/C13H14N2O3/c1-3-5-10(4-2)15-12(16)9-6-7-11(13(17)18)14-8-9/h1,6-8,10H,4-5H2,2H3,(H,15,16)(H,17,18). The van der Waals surface area contributed by atoms with Crippen LogP contribution in [0.2, 0.25) is 0 Å². The molecule has 1 amide bonds. The van der Waals surface area contributed by atoms with Crippen molar-refractivity contribution in [3.8, 4) is 12.3 Å². The number of nitrogens with one attached hydrogen (secondary N) is 1. The van der Waals surface area contributed by atoms with Gasteiger partial charge in [-0.3, -0.25) is 4.79 Å². The van der Waals surface area contributed by atoms with E-state index in [1.807, 2.05) is 6.92 Å². The molecular formula is C13H14N2O3. The number of hydrogen-bond donors (Lipinski definition) is 2. The van der Waals surface area contributed by atoms with Gasteiger partial charge in [0.15, 0.2) is 0 Å². The fourth-order valence-electron chi connectivity index (χ4n) is 1.36. The maximum atomic E-state index is 11.8. The van der Waals surface area contributed by atoms with Gasteiger partial charge in [-0.15, -0.1) is 12.3 Å². The zero-order valence-corrected chi connectivity index (χ0v) is 10.0. The zero-order chi connectivity index (χ0) is 13.5. The lowest BCUT2D eigenvalue weighted by molar-refractivity contribution is 0.0689. The van der Waals surface area contributed by atoms with Crippen LogP contribution in [0.15, 0.2) is 18.3 Å². The second kappa shape index (κ2) is 6.40. The number of hydrogen-bond acceptors (Lipinski definition) is 3. The average Bonchev–Trinajstić information content (AvgIpc) is 2.38. The van der Waals surface area contributed by atoms with Crippen LogP contribution in [-0.4, -0.2) is 28.0 Å². The minimum Gasteiger partial charge on any atom is -0.477 e. The van der Waals surface area contributed by atoms with Crippen molar-refractivity contribution in [2.24, 2.45) is 0 Å². The largest absolute Gasteiger partial charge is 0.477 e. The number of carbonyl (C=O) groups is 2. The highest BCUT2D eigenvalue weighted by Gasteiger charge is 2.12. The molecule has 0 aliphatic rings. The molecule has 94 valence electrons. The Balaban J connectivity index is 2.72. The van der Waals surface area contributed by atoms with E-state index in [4.69, 9.17) is 11.5 Å². The number of carboxylic acids is 1. The number of aromatic nitrogens is 1. The number of amides is 1. The van der Waals surface area contributed by atoms with Gasteiger partial charge in [-0.05, 0) is 18.6 Å². The molecule has 5 nitrogen and oxygen atoms in total. The minimum absolute atomic E-state index is 0.0818. The second-order valence-electron chi connectivity index (χ2n) is 3.72. The van der Waals surface area contributed by atoms with E-state index in [9.17, 15) is 9.59 Å². The highest BCUT2D eigenvalue weighted by atomic mass is 16.4. The molecule has 1 aromatic rings. The third kappa shape index (κ3) is 3.59. The quantitative estimate of drug-likeness (QED) is 0.768. The van der Waals surface area contributed by atoms with Gasteiger partial charge in [-0.25, -0.2) is 9.78 Å². The highest BCUT2D eigenvalue weighted by molar-refractivity contribution is 5.95. The van der Waals surface area contributed by atoms with Crippen LogP contribution in [-0.2, 0) is 0 Å². The molecule has 18 heavy (non-hydrogen) atoms. The van der Waals surface area contributed by atoms with Crippen molar-refractivity contribution in [2.75, 3.05) is 0 Å². The highest BCUT2D eigenvalue weighted by Crippen LogP contribution is 2.03. The van der Waals surface area contributed by atoms with Crippen molar-refractivity contribution >= 4 is 11.9 Å². The molecule has 0 saturated carbocycles. The van der Waals surface area contributed by atoms with Crippen LogP contribution in [0.3, 0.4) is 0 Å². The Morgan fingerprint density at radius 3 is 2.72 bits per heavy atom. The number of rotatable bonds is 5. The predicted octanol–water partition coefficient (Wildman–Crippen LogP) is 1.31. The van der Waals surface area contributed by atoms with E-state index in [0.717, 1.165) is 6.42 Å². The first kappa shape index (κ1) is 13.7. The number of carbonyl (C=O) groups excluding carboxylic acids is 1. The Kier molecular flexibility index (Phi) is 4.88. The summed E-state index contributed by atoms with van der Waals surface area (Å²) in [6, 6.07) is 2.63. The van der Waals surface area contributed by atoms with E-state index >= 15 is 0 Å². The molecule has 0 radical (unpaired) electrons. The number of aromatic carboxylic acids is 1. The van der Waals surface area contributed by atoms with E-state index in [1.54, 1.807) is 0 Å². The van der Waals surface area contributed by atoms with Crippen LogP contribution in [0.25, 0.3) is 0 Å². The Hall–Kier alpha value is -2.35. The molecule has 0 bridgehead atoms. The van der Waals surface area contributed by atoms with E-state index in [0.29, 0.717) is 12.0 Å². The van der Waals surface area contributed by atoms with Crippen LogP contribution in [0.5, 0.6) is 0 Å². The maximum Gasteiger partial charge on any atom is 0.354 e. The molecule has 0 saturated heterocycles. The topological polar surface area (TPSA) is 79.3 Å². The van der Waals surface area contributed by atoms with Crippen molar-refractivity contribution < 1.29 is 14.7 Å². The smallest absolute Gasteiger partial charge is 0.354 e. The molecule has 1 unspecified atom stereocenters. The first-order chi connectivity index (χ1) is 8.58. The van der Waals surface area contributed by atoms with E-state index in [-0.39, 0.29) is 17.6 Å². The molecule has 1 rings (SSSR count). The Bertz CT molecular complexity index is 474. The second-order valence-corrected chi connectivity index (χ2v) is 3.72. The fourth-order valence-corrected chi connectivity index (χ4v) is 1.36. The van der Waals surface area contributed by atoms with Gasteiger partial charge in [0.25, 0.3) is 5.91 Å². The summed E-state index contributed by atoms with van der Waals surface area (Å²) >= 11 is 0. The van der Waals surface area contributed by atoms with Crippen molar-refractivity contribution in [2.45, 2.75) is 25.8 Å². The van der Waals surface area contributed by atoms with Gasteiger partial charge in [-0.2, -0.15) is 0 Å². The molecule has 1 atom stereocenters. The Morgan fingerprint density at radius 2 is 2.28 bits per heavy atom. The van der Waals surface area contributed by atoms with Gasteiger partial charge in [-0.1, -0.05) is 6.92 Å². The van der Waals surface area contributed by atoms with Crippen LogP contribution in [0.4, 0.5) is 0 Å². The van der Waals surface area contributed by atoms with Crippen molar-refractivity contribution in [3.63, 3.8) is 0 Å². The number of terminal acetylenes is 1. The lowest BCUT2D eigenvalue weighted by Crippen LogP contribution is -2.34. The maximum absolute atomic E-state index is 11.8.